The predicted octanol–water partition coefficient (Wildman–Crippen LogP) is 4.89. The molecule has 1 saturated heterocycles. The quantitative estimate of drug-likeness (QED) is 0.719. The zero-order chi connectivity index (χ0) is 22.8. The van der Waals surface area contributed by atoms with Crippen LogP contribution in [0.4, 0.5) is 15.4 Å². The Balaban J connectivity index is 1.81. The van der Waals surface area contributed by atoms with Crippen molar-refractivity contribution in [3.8, 4) is 11.1 Å². The van der Waals surface area contributed by atoms with E-state index in [-0.39, 0.29) is 12.1 Å². The Bertz CT molecular complexity index is 942. The Morgan fingerprint density at radius 3 is 2.55 bits per heavy atom. The zero-order valence-corrected chi connectivity index (χ0v) is 19.0. The molecule has 31 heavy (non-hydrogen) atoms. The van der Waals surface area contributed by atoms with Crippen LogP contribution in [0.1, 0.15) is 66.1 Å². The van der Waals surface area contributed by atoms with E-state index in [0.29, 0.717) is 12.4 Å². The molecule has 0 saturated carbocycles. The minimum atomic E-state index is -0.604. The summed E-state index contributed by atoms with van der Waals surface area (Å²) in [5, 5.41) is 9.92. The summed E-state index contributed by atoms with van der Waals surface area (Å²) in [5.74, 6) is 0.370. The smallest absolute Gasteiger partial charge is 0.413 e. The third-order valence-electron chi connectivity index (χ3n) is 4.58. The van der Waals surface area contributed by atoms with Crippen molar-refractivity contribution >= 4 is 18.0 Å². The van der Waals surface area contributed by atoms with Crippen molar-refractivity contribution in [1.29, 1.82) is 0 Å². The summed E-state index contributed by atoms with van der Waals surface area (Å²) in [4.78, 5) is 30.7. The molecule has 9 heteroatoms. The summed E-state index contributed by atoms with van der Waals surface area (Å²) in [6.07, 6.45) is 4.10. The van der Waals surface area contributed by atoms with Crippen molar-refractivity contribution in [2.75, 3.05) is 11.9 Å². The second-order valence-corrected chi connectivity index (χ2v) is 9.59. The van der Waals surface area contributed by atoms with Gasteiger partial charge in [-0.05, 0) is 72.1 Å². The first-order valence-electron chi connectivity index (χ1n) is 10.4. The number of H-pyrrole nitrogens is 1. The van der Waals surface area contributed by atoms with Crippen LogP contribution in [-0.2, 0) is 9.47 Å². The second kappa shape index (κ2) is 8.56. The lowest BCUT2D eigenvalue weighted by atomic mass is 10.0. The third kappa shape index (κ3) is 5.96. The molecule has 2 aromatic heterocycles. The maximum Gasteiger partial charge on any atom is 0.413 e. The summed E-state index contributed by atoms with van der Waals surface area (Å²) in [7, 11) is 0. The van der Waals surface area contributed by atoms with Gasteiger partial charge in [0, 0.05) is 18.3 Å². The number of pyridine rings is 1. The van der Waals surface area contributed by atoms with Gasteiger partial charge in [-0.25, -0.2) is 14.6 Å². The van der Waals surface area contributed by atoms with Crippen LogP contribution in [0.15, 0.2) is 24.5 Å². The molecule has 168 valence electrons. The monoisotopic (exact) mass is 429 g/mol. The molecular weight excluding hydrogens is 398 g/mol. The topological polar surface area (TPSA) is 109 Å². The van der Waals surface area contributed by atoms with Gasteiger partial charge in [-0.3, -0.25) is 15.3 Å². The lowest BCUT2D eigenvalue weighted by Crippen LogP contribution is -2.36. The van der Waals surface area contributed by atoms with Crippen molar-refractivity contribution < 1.29 is 19.1 Å². The molecule has 2 N–H and O–H groups in total. The number of nitrogens with one attached hydrogen (secondary N) is 2. The molecule has 0 radical (unpaired) electrons. The van der Waals surface area contributed by atoms with Crippen LogP contribution >= 0.6 is 0 Å². The molecule has 0 spiro atoms. The number of ether oxygens (including phenoxy) is 2. The number of nitrogens with zero attached hydrogens (tertiary/aromatic N) is 3. The maximum atomic E-state index is 12.7. The Labute approximate surface area is 182 Å². The van der Waals surface area contributed by atoms with E-state index in [4.69, 9.17) is 9.47 Å². The van der Waals surface area contributed by atoms with Gasteiger partial charge >= 0.3 is 12.2 Å². The van der Waals surface area contributed by atoms with Gasteiger partial charge in [0.05, 0.1) is 17.9 Å². The third-order valence-corrected chi connectivity index (χ3v) is 4.58. The highest BCUT2D eigenvalue weighted by Crippen LogP contribution is 2.37. The molecule has 1 unspecified atom stereocenters. The summed E-state index contributed by atoms with van der Waals surface area (Å²) in [6, 6.07) is 3.43. The molecule has 2 aromatic rings. The Kier molecular flexibility index (Phi) is 6.24. The molecule has 1 fully saturated rings. The summed E-state index contributed by atoms with van der Waals surface area (Å²) >= 11 is 0. The molecule has 3 rings (SSSR count). The lowest BCUT2D eigenvalue weighted by molar-refractivity contribution is 0.0221. The number of carbonyl (C=O) groups excluding carboxylic acids is 2. The minimum absolute atomic E-state index is 0.164. The number of carbonyl (C=O) groups is 2. The number of likely N-dealkylation sites (tertiary alicyclic amines) is 1. The average molecular weight is 430 g/mol. The van der Waals surface area contributed by atoms with E-state index in [1.54, 1.807) is 44.1 Å². The van der Waals surface area contributed by atoms with E-state index in [0.717, 1.165) is 29.7 Å². The van der Waals surface area contributed by atoms with E-state index < -0.39 is 17.3 Å². The van der Waals surface area contributed by atoms with Gasteiger partial charge in [0.2, 0.25) is 0 Å². The number of hydrogen-bond donors (Lipinski definition) is 2. The van der Waals surface area contributed by atoms with E-state index in [2.05, 4.69) is 20.5 Å². The molecule has 3 heterocycles. The first-order valence-corrected chi connectivity index (χ1v) is 10.4. The van der Waals surface area contributed by atoms with Gasteiger partial charge in [-0.1, -0.05) is 0 Å². The maximum absolute atomic E-state index is 12.7. The SMILES string of the molecule is CC(C)(C)OC(=O)Nc1cc(-c2cn[nH]c2C2CCCN2C(=O)OC(C)(C)C)ccn1. The number of aromatic amines is 1. The Morgan fingerprint density at radius 1 is 1.16 bits per heavy atom. The van der Waals surface area contributed by atoms with E-state index in [1.807, 2.05) is 26.8 Å². The van der Waals surface area contributed by atoms with E-state index >= 15 is 0 Å². The van der Waals surface area contributed by atoms with Crippen LogP contribution in [0.5, 0.6) is 0 Å². The van der Waals surface area contributed by atoms with Gasteiger partial charge in [0.25, 0.3) is 0 Å². The van der Waals surface area contributed by atoms with Crippen molar-refractivity contribution in [3.63, 3.8) is 0 Å². The normalized spacial score (nSPS) is 16.8. The van der Waals surface area contributed by atoms with Crippen molar-refractivity contribution in [2.24, 2.45) is 0 Å². The molecule has 1 aliphatic heterocycles. The van der Waals surface area contributed by atoms with Gasteiger partial charge in [0.15, 0.2) is 0 Å². The fourth-order valence-corrected chi connectivity index (χ4v) is 3.46. The highest BCUT2D eigenvalue weighted by molar-refractivity contribution is 5.85. The summed E-state index contributed by atoms with van der Waals surface area (Å²) in [6.45, 7) is 11.6. The van der Waals surface area contributed by atoms with Crippen LogP contribution < -0.4 is 5.32 Å². The van der Waals surface area contributed by atoms with Crippen molar-refractivity contribution in [2.45, 2.75) is 71.6 Å². The zero-order valence-electron chi connectivity index (χ0n) is 19.0. The van der Waals surface area contributed by atoms with Gasteiger partial charge < -0.3 is 9.47 Å². The Hall–Kier alpha value is -3.10. The fraction of sp³-hybridized carbons (Fsp3) is 0.545. The summed E-state index contributed by atoms with van der Waals surface area (Å²) in [5.41, 5.74) is 1.33. The van der Waals surface area contributed by atoms with E-state index in [1.165, 1.54) is 0 Å². The standard InChI is InChI=1S/C22H31N5O4/c1-21(2,3)30-19(28)25-17-12-14(9-10-23-17)15-13-24-26-18(15)16-8-7-11-27(16)20(29)31-22(4,5)6/h9-10,12-13,16H,7-8,11H2,1-6H3,(H,24,26)(H,23,25,28). The van der Waals surface area contributed by atoms with E-state index in [9.17, 15) is 9.59 Å². The average Bonchev–Trinajstić information content (AvgIpc) is 3.27. The van der Waals surface area contributed by atoms with Crippen LogP contribution in [0.25, 0.3) is 11.1 Å². The number of hydrogen-bond acceptors (Lipinski definition) is 6. The fourth-order valence-electron chi connectivity index (χ4n) is 3.46. The van der Waals surface area contributed by atoms with Crippen LogP contribution in [-0.4, -0.2) is 50.0 Å². The van der Waals surface area contributed by atoms with Crippen molar-refractivity contribution in [3.05, 3.63) is 30.2 Å². The molecule has 1 atom stereocenters. The first kappa shape index (κ1) is 22.6. The molecular formula is C22H31N5O4. The summed E-state index contributed by atoms with van der Waals surface area (Å²) < 4.78 is 10.9. The highest BCUT2D eigenvalue weighted by Gasteiger charge is 2.35. The van der Waals surface area contributed by atoms with Crippen molar-refractivity contribution in [1.82, 2.24) is 20.1 Å². The first-order chi connectivity index (χ1) is 14.4. The molecule has 0 aliphatic carbocycles. The number of amides is 2. The molecule has 0 aromatic carbocycles. The van der Waals surface area contributed by atoms with Gasteiger partial charge in [0.1, 0.15) is 17.0 Å². The largest absolute Gasteiger partial charge is 0.444 e. The van der Waals surface area contributed by atoms with Gasteiger partial charge in [-0.2, -0.15) is 5.10 Å². The molecule has 9 nitrogen and oxygen atoms in total. The van der Waals surface area contributed by atoms with Crippen LogP contribution in [0.2, 0.25) is 0 Å². The highest BCUT2D eigenvalue weighted by atomic mass is 16.6. The molecule has 2 amide bonds. The second-order valence-electron chi connectivity index (χ2n) is 9.59. The minimum Gasteiger partial charge on any atom is -0.444 e. The molecule has 1 aliphatic rings. The van der Waals surface area contributed by atoms with Gasteiger partial charge in [-0.15, -0.1) is 0 Å². The number of anilines is 1. The predicted molar refractivity (Wildman–Crippen MR) is 117 cm³/mol. The number of rotatable bonds is 3. The Morgan fingerprint density at radius 2 is 1.87 bits per heavy atom. The number of aromatic nitrogens is 3. The van der Waals surface area contributed by atoms with Crippen LogP contribution in [0.3, 0.4) is 0 Å². The lowest BCUT2D eigenvalue weighted by Gasteiger charge is -2.28. The van der Waals surface area contributed by atoms with Crippen LogP contribution in [0, 0.1) is 0 Å². The molecule has 0 bridgehead atoms.